The predicted octanol–water partition coefficient (Wildman–Crippen LogP) is 2.33. The van der Waals surface area contributed by atoms with E-state index in [1.165, 1.54) is 0 Å². The van der Waals surface area contributed by atoms with Gasteiger partial charge in [0.05, 0.1) is 5.02 Å². The highest BCUT2D eigenvalue weighted by Crippen LogP contribution is 2.20. The number of halogens is 1. The zero-order chi connectivity index (χ0) is 12.3. The minimum Gasteiger partial charge on any atom is -0.326 e. The van der Waals surface area contributed by atoms with Crippen LogP contribution in [0.25, 0.3) is 5.82 Å². The van der Waals surface area contributed by atoms with Gasteiger partial charge in [0.2, 0.25) is 0 Å². The second-order valence-electron chi connectivity index (χ2n) is 3.82. The van der Waals surface area contributed by atoms with E-state index in [2.05, 4.69) is 16.9 Å². The molecule has 0 aliphatic rings. The molecule has 2 N–H and O–H groups in total. The van der Waals surface area contributed by atoms with Crippen LogP contribution in [-0.4, -0.2) is 14.5 Å². The summed E-state index contributed by atoms with van der Waals surface area (Å²) >= 11 is 6.21. The normalized spacial score (nSPS) is 10.8. The Labute approximate surface area is 105 Å². The van der Waals surface area contributed by atoms with Crippen LogP contribution in [0.1, 0.15) is 24.7 Å². The molecule has 0 aliphatic heterocycles. The quantitative estimate of drug-likeness (QED) is 0.906. The van der Waals surface area contributed by atoms with Crippen molar-refractivity contribution >= 4 is 11.6 Å². The molecule has 17 heavy (non-hydrogen) atoms. The second-order valence-corrected chi connectivity index (χ2v) is 4.22. The monoisotopic (exact) mass is 250 g/mol. The van der Waals surface area contributed by atoms with Gasteiger partial charge in [0, 0.05) is 31.6 Å². The second kappa shape index (κ2) is 5.29. The van der Waals surface area contributed by atoms with Crippen LogP contribution >= 0.6 is 11.6 Å². The third-order valence-electron chi connectivity index (χ3n) is 2.53. The summed E-state index contributed by atoms with van der Waals surface area (Å²) in [5.41, 5.74) is 6.47. The van der Waals surface area contributed by atoms with Crippen LogP contribution in [0.3, 0.4) is 0 Å². The maximum Gasteiger partial charge on any atom is 0.156 e. The summed E-state index contributed by atoms with van der Waals surface area (Å²) in [6, 6.07) is 1.85. The van der Waals surface area contributed by atoms with E-state index in [1.807, 2.05) is 16.8 Å². The third kappa shape index (κ3) is 2.48. The summed E-state index contributed by atoms with van der Waals surface area (Å²) in [7, 11) is 0. The summed E-state index contributed by atoms with van der Waals surface area (Å²) in [5, 5.41) is 0.600. The first-order valence-electron chi connectivity index (χ1n) is 5.63. The zero-order valence-electron chi connectivity index (χ0n) is 9.73. The molecular weight excluding hydrogens is 236 g/mol. The molecule has 5 heteroatoms. The maximum atomic E-state index is 6.21. The third-order valence-corrected chi connectivity index (χ3v) is 2.81. The van der Waals surface area contributed by atoms with Gasteiger partial charge < -0.3 is 5.73 Å². The number of aromatic nitrogens is 3. The number of nitrogens with two attached hydrogens (primary N) is 1. The average molecular weight is 251 g/mol. The van der Waals surface area contributed by atoms with Gasteiger partial charge in [-0.25, -0.2) is 9.97 Å². The fraction of sp³-hybridized carbons (Fsp3) is 0.333. The van der Waals surface area contributed by atoms with Crippen molar-refractivity contribution in [3.05, 3.63) is 41.1 Å². The topological polar surface area (TPSA) is 56.7 Å². The molecule has 90 valence electrons. The van der Waals surface area contributed by atoms with Gasteiger partial charge in [-0.1, -0.05) is 18.5 Å². The van der Waals surface area contributed by atoms with Crippen LogP contribution in [0.2, 0.25) is 5.02 Å². The Morgan fingerprint density at radius 3 is 2.88 bits per heavy atom. The molecule has 0 unspecified atom stereocenters. The molecule has 0 aliphatic carbocycles. The van der Waals surface area contributed by atoms with Crippen LogP contribution in [0.4, 0.5) is 0 Å². The Morgan fingerprint density at radius 2 is 2.24 bits per heavy atom. The molecule has 2 heterocycles. The van der Waals surface area contributed by atoms with Crippen LogP contribution in [0.15, 0.2) is 24.7 Å². The fourth-order valence-electron chi connectivity index (χ4n) is 1.69. The number of pyridine rings is 1. The molecule has 0 spiro atoms. The Kier molecular flexibility index (Phi) is 3.76. The van der Waals surface area contributed by atoms with Gasteiger partial charge in [0.1, 0.15) is 5.82 Å². The van der Waals surface area contributed by atoms with E-state index in [4.69, 9.17) is 17.3 Å². The number of nitrogens with zero attached hydrogens (tertiary/aromatic N) is 3. The minimum absolute atomic E-state index is 0.443. The highest BCUT2D eigenvalue weighted by atomic mass is 35.5. The largest absolute Gasteiger partial charge is 0.326 e. The lowest BCUT2D eigenvalue weighted by Crippen LogP contribution is -2.05. The summed E-state index contributed by atoms with van der Waals surface area (Å²) in [6.07, 6.45) is 7.33. The van der Waals surface area contributed by atoms with Crippen molar-refractivity contribution in [2.45, 2.75) is 26.3 Å². The van der Waals surface area contributed by atoms with Gasteiger partial charge in [-0.05, 0) is 18.1 Å². The molecule has 2 aromatic heterocycles. The Balaban J connectivity index is 2.42. The number of aryl methyl sites for hydroxylation is 1. The van der Waals surface area contributed by atoms with Crippen LogP contribution in [0, 0.1) is 0 Å². The van der Waals surface area contributed by atoms with Gasteiger partial charge in [-0.2, -0.15) is 0 Å². The lowest BCUT2D eigenvalue weighted by atomic mass is 10.3. The van der Waals surface area contributed by atoms with E-state index in [-0.39, 0.29) is 0 Å². The summed E-state index contributed by atoms with van der Waals surface area (Å²) in [6.45, 7) is 2.56. The highest BCUT2D eigenvalue weighted by molar-refractivity contribution is 6.32. The highest BCUT2D eigenvalue weighted by Gasteiger charge is 2.09. The molecule has 2 rings (SSSR count). The molecule has 0 radical (unpaired) electrons. The zero-order valence-corrected chi connectivity index (χ0v) is 10.5. The van der Waals surface area contributed by atoms with E-state index in [1.54, 1.807) is 12.4 Å². The predicted molar refractivity (Wildman–Crippen MR) is 68.3 cm³/mol. The van der Waals surface area contributed by atoms with Crippen molar-refractivity contribution < 1.29 is 0 Å². The Hall–Kier alpha value is -1.39. The average Bonchev–Trinajstić information content (AvgIpc) is 2.77. The van der Waals surface area contributed by atoms with Crippen molar-refractivity contribution in [3.8, 4) is 5.82 Å². The Morgan fingerprint density at radius 1 is 1.41 bits per heavy atom. The Bertz CT molecular complexity index is 507. The molecule has 0 fully saturated rings. The van der Waals surface area contributed by atoms with Crippen LogP contribution < -0.4 is 5.73 Å². The van der Waals surface area contributed by atoms with Crippen molar-refractivity contribution in [1.29, 1.82) is 0 Å². The van der Waals surface area contributed by atoms with Crippen molar-refractivity contribution in [1.82, 2.24) is 14.5 Å². The summed E-state index contributed by atoms with van der Waals surface area (Å²) < 4.78 is 1.92. The SMILES string of the molecule is CCCc1nccn1-c1ncc(CN)cc1Cl. The lowest BCUT2D eigenvalue weighted by molar-refractivity contribution is 0.797. The van der Waals surface area contributed by atoms with E-state index < -0.39 is 0 Å². The molecule has 2 aromatic rings. The van der Waals surface area contributed by atoms with Gasteiger partial charge in [-0.15, -0.1) is 0 Å². The fourth-order valence-corrected chi connectivity index (χ4v) is 1.97. The molecule has 0 atom stereocenters. The van der Waals surface area contributed by atoms with E-state index in [0.717, 1.165) is 24.2 Å². The molecule has 0 amide bonds. The number of hydrogen-bond acceptors (Lipinski definition) is 3. The van der Waals surface area contributed by atoms with Gasteiger partial charge in [0.15, 0.2) is 5.82 Å². The molecular formula is C12H15ClN4. The van der Waals surface area contributed by atoms with E-state index in [9.17, 15) is 0 Å². The summed E-state index contributed by atoms with van der Waals surface area (Å²) in [5.74, 6) is 1.69. The molecule has 0 bridgehead atoms. The number of rotatable bonds is 4. The first-order valence-corrected chi connectivity index (χ1v) is 6.01. The first-order chi connectivity index (χ1) is 8.26. The van der Waals surface area contributed by atoms with Gasteiger partial charge in [0.25, 0.3) is 0 Å². The van der Waals surface area contributed by atoms with Gasteiger partial charge >= 0.3 is 0 Å². The number of imidazole rings is 1. The van der Waals surface area contributed by atoms with Crippen LogP contribution in [0.5, 0.6) is 0 Å². The molecule has 0 aromatic carbocycles. The smallest absolute Gasteiger partial charge is 0.156 e. The molecule has 0 saturated heterocycles. The van der Waals surface area contributed by atoms with E-state index in [0.29, 0.717) is 17.4 Å². The molecule has 0 saturated carbocycles. The van der Waals surface area contributed by atoms with Gasteiger partial charge in [-0.3, -0.25) is 4.57 Å². The standard InChI is InChI=1S/C12H15ClN4/c1-2-3-11-15-4-5-17(11)12-10(13)6-9(7-14)8-16-12/h4-6,8H,2-3,7,14H2,1H3. The van der Waals surface area contributed by atoms with E-state index >= 15 is 0 Å². The summed E-state index contributed by atoms with van der Waals surface area (Å²) in [4.78, 5) is 8.65. The van der Waals surface area contributed by atoms with Crippen LogP contribution in [-0.2, 0) is 13.0 Å². The first kappa shape index (κ1) is 12.1. The van der Waals surface area contributed by atoms with Crippen molar-refractivity contribution in [2.75, 3.05) is 0 Å². The molecule has 4 nitrogen and oxygen atoms in total. The van der Waals surface area contributed by atoms with Crippen molar-refractivity contribution in [3.63, 3.8) is 0 Å². The van der Waals surface area contributed by atoms with Crippen molar-refractivity contribution in [2.24, 2.45) is 5.73 Å². The lowest BCUT2D eigenvalue weighted by Gasteiger charge is -2.09. The number of hydrogen-bond donors (Lipinski definition) is 1. The maximum absolute atomic E-state index is 6.21. The minimum atomic E-state index is 0.443.